The average Bonchev–Trinajstić information content (AvgIpc) is 2.92. The van der Waals surface area contributed by atoms with E-state index in [4.69, 9.17) is 4.74 Å². The Kier molecular flexibility index (Phi) is 3.77. The highest BCUT2D eigenvalue weighted by molar-refractivity contribution is 5.76. The van der Waals surface area contributed by atoms with Crippen LogP contribution in [0.3, 0.4) is 0 Å². The van der Waals surface area contributed by atoms with Crippen LogP contribution in [0, 0.1) is 11.3 Å². The molecule has 0 saturated heterocycles. The first kappa shape index (κ1) is 12.5. The lowest BCUT2D eigenvalue weighted by Crippen LogP contribution is -2.48. The van der Waals surface area contributed by atoms with E-state index in [1.165, 1.54) is 20.0 Å². The van der Waals surface area contributed by atoms with Gasteiger partial charge in [-0.1, -0.05) is 20.8 Å². The van der Waals surface area contributed by atoms with Gasteiger partial charge in [0.1, 0.15) is 6.04 Å². The molecule has 88 valence electrons. The molecule has 3 heteroatoms. The standard InChI is InChI=1S/C12H23NO2/c1-8(2)10(11(14)15-5)13-9(3)12(4)6-7-12/h8-10,13H,6-7H2,1-5H3. The summed E-state index contributed by atoms with van der Waals surface area (Å²) in [7, 11) is 1.45. The highest BCUT2D eigenvalue weighted by Crippen LogP contribution is 2.48. The largest absolute Gasteiger partial charge is 0.468 e. The number of methoxy groups -OCH3 is 1. The maximum Gasteiger partial charge on any atom is 0.323 e. The Morgan fingerprint density at radius 3 is 2.20 bits per heavy atom. The Morgan fingerprint density at radius 2 is 1.87 bits per heavy atom. The number of hydrogen-bond acceptors (Lipinski definition) is 3. The van der Waals surface area contributed by atoms with E-state index in [0.29, 0.717) is 11.5 Å². The lowest BCUT2D eigenvalue weighted by Gasteiger charge is -2.27. The molecule has 0 aromatic rings. The third kappa shape index (κ3) is 2.94. The van der Waals surface area contributed by atoms with Crippen LogP contribution in [0.25, 0.3) is 0 Å². The zero-order chi connectivity index (χ0) is 11.6. The Bertz CT molecular complexity index is 234. The molecule has 2 atom stereocenters. The van der Waals surface area contributed by atoms with Crippen molar-refractivity contribution < 1.29 is 9.53 Å². The monoisotopic (exact) mass is 213 g/mol. The molecule has 1 rings (SSSR count). The normalized spacial score (nSPS) is 22.3. The number of carbonyl (C=O) groups is 1. The molecule has 1 aliphatic rings. The van der Waals surface area contributed by atoms with Gasteiger partial charge < -0.3 is 10.1 Å². The van der Waals surface area contributed by atoms with Crippen LogP contribution in [0.1, 0.15) is 40.5 Å². The van der Waals surface area contributed by atoms with Crippen LogP contribution in [-0.2, 0) is 9.53 Å². The second kappa shape index (κ2) is 4.52. The lowest BCUT2D eigenvalue weighted by atomic mass is 9.97. The summed E-state index contributed by atoms with van der Waals surface area (Å²) in [6, 6.07) is 0.200. The molecule has 0 aliphatic heterocycles. The fraction of sp³-hybridized carbons (Fsp3) is 0.917. The van der Waals surface area contributed by atoms with Gasteiger partial charge in [-0.3, -0.25) is 4.79 Å². The Hall–Kier alpha value is -0.570. The minimum atomic E-state index is -0.178. The van der Waals surface area contributed by atoms with Crippen LogP contribution in [0.2, 0.25) is 0 Å². The zero-order valence-corrected chi connectivity index (χ0v) is 10.5. The van der Waals surface area contributed by atoms with E-state index in [0.717, 1.165) is 0 Å². The number of esters is 1. The molecule has 1 fully saturated rings. The van der Waals surface area contributed by atoms with E-state index < -0.39 is 0 Å². The molecule has 15 heavy (non-hydrogen) atoms. The maximum atomic E-state index is 11.6. The molecular weight excluding hydrogens is 190 g/mol. The first-order chi connectivity index (χ1) is 6.90. The molecule has 0 bridgehead atoms. The van der Waals surface area contributed by atoms with Crippen molar-refractivity contribution in [3.05, 3.63) is 0 Å². The van der Waals surface area contributed by atoms with Gasteiger partial charge in [-0.05, 0) is 31.1 Å². The van der Waals surface area contributed by atoms with Gasteiger partial charge in [0.25, 0.3) is 0 Å². The van der Waals surface area contributed by atoms with E-state index in [1.807, 2.05) is 13.8 Å². The summed E-state index contributed by atoms with van der Waals surface area (Å²) in [6.45, 7) is 8.50. The average molecular weight is 213 g/mol. The summed E-state index contributed by atoms with van der Waals surface area (Å²) in [5.41, 5.74) is 0.390. The van der Waals surface area contributed by atoms with E-state index in [-0.39, 0.29) is 17.9 Å². The van der Waals surface area contributed by atoms with Crippen molar-refractivity contribution in [2.24, 2.45) is 11.3 Å². The molecule has 1 aliphatic carbocycles. The van der Waals surface area contributed by atoms with Gasteiger partial charge in [-0.15, -0.1) is 0 Å². The third-order valence-electron chi connectivity index (χ3n) is 3.64. The molecule has 0 radical (unpaired) electrons. The van der Waals surface area contributed by atoms with Gasteiger partial charge in [0.05, 0.1) is 7.11 Å². The maximum absolute atomic E-state index is 11.6. The summed E-state index contributed by atoms with van der Waals surface area (Å²) in [5.74, 6) is 0.114. The minimum absolute atomic E-state index is 0.152. The van der Waals surface area contributed by atoms with Gasteiger partial charge >= 0.3 is 5.97 Å². The second-order valence-corrected chi connectivity index (χ2v) is 5.29. The van der Waals surface area contributed by atoms with Crippen molar-refractivity contribution in [1.82, 2.24) is 5.32 Å². The number of rotatable bonds is 5. The highest BCUT2D eigenvalue weighted by atomic mass is 16.5. The van der Waals surface area contributed by atoms with E-state index >= 15 is 0 Å². The van der Waals surface area contributed by atoms with Gasteiger partial charge in [0, 0.05) is 6.04 Å². The molecular formula is C12H23NO2. The number of nitrogens with one attached hydrogen (secondary N) is 1. The van der Waals surface area contributed by atoms with Crippen LogP contribution in [0.5, 0.6) is 0 Å². The molecule has 3 nitrogen and oxygen atoms in total. The van der Waals surface area contributed by atoms with E-state index in [1.54, 1.807) is 0 Å². The van der Waals surface area contributed by atoms with Crippen LogP contribution >= 0.6 is 0 Å². The Labute approximate surface area is 92.6 Å². The molecule has 1 saturated carbocycles. The Balaban J connectivity index is 2.54. The lowest BCUT2D eigenvalue weighted by molar-refractivity contribution is -0.144. The van der Waals surface area contributed by atoms with Crippen molar-refractivity contribution in [2.75, 3.05) is 7.11 Å². The SMILES string of the molecule is COC(=O)C(NC(C)C1(C)CC1)C(C)C. The quantitative estimate of drug-likeness (QED) is 0.709. The van der Waals surface area contributed by atoms with Crippen molar-refractivity contribution in [1.29, 1.82) is 0 Å². The summed E-state index contributed by atoms with van der Waals surface area (Å²) in [5, 5.41) is 3.40. The molecule has 0 aromatic carbocycles. The van der Waals surface area contributed by atoms with Crippen LogP contribution in [-0.4, -0.2) is 25.2 Å². The minimum Gasteiger partial charge on any atom is -0.468 e. The van der Waals surface area contributed by atoms with Crippen LogP contribution in [0.15, 0.2) is 0 Å². The van der Waals surface area contributed by atoms with E-state index in [2.05, 4.69) is 19.2 Å². The van der Waals surface area contributed by atoms with Crippen LogP contribution in [0.4, 0.5) is 0 Å². The molecule has 0 heterocycles. The van der Waals surface area contributed by atoms with Gasteiger partial charge in [0.15, 0.2) is 0 Å². The number of ether oxygens (including phenoxy) is 1. The topological polar surface area (TPSA) is 38.3 Å². The third-order valence-corrected chi connectivity index (χ3v) is 3.64. The van der Waals surface area contributed by atoms with E-state index in [9.17, 15) is 4.79 Å². The number of hydrogen-bond donors (Lipinski definition) is 1. The fourth-order valence-electron chi connectivity index (χ4n) is 1.76. The summed E-state index contributed by atoms with van der Waals surface area (Å²) >= 11 is 0. The molecule has 1 N–H and O–H groups in total. The second-order valence-electron chi connectivity index (χ2n) is 5.29. The molecule has 0 aromatic heterocycles. The molecule has 0 spiro atoms. The van der Waals surface area contributed by atoms with Gasteiger partial charge in [-0.2, -0.15) is 0 Å². The van der Waals surface area contributed by atoms with Gasteiger partial charge in [-0.25, -0.2) is 0 Å². The Morgan fingerprint density at radius 1 is 1.33 bits per heavy atom. The predicted molar refractivity (Wildman–Crippen MR) is 60.6 cm³/mol. The fourth-order valence-corrected chi connectivity index (χ4v) is 1.76. The van der Waals surface area contributed by atoms with Crippen molar-refractivity contribution in [3.63, 3.8) is 0 Å². The summed E-state index contributed by atoms with van der Waals surface area (Å²) in [6.07, 6.45) is 2.51. The van der Waals surface area contributed by atoms with Crippen molar-refractivity contribution >= 4 is 5.97 Å². The van der Waals surface area contributed by atoms with Crippen molar-refractivity contribution in [2.45, 2.75) is 52.6 Å². The van der Waals surface area contributed by atoms with Crippen molar-refractivity contribution in [3.8, 4) is 0 Å². The molecule has 2 unspecified atom stereocenters. The van der Waals surface area contributed by atoms with Crippen LogP contribution < -0.4 is 5.32 Å². The zero-order valence-electron chi connectivity index (χ0n) is 10.5. The first-order valence-electron chi connectivity index (χ1n) is 5.74. The summed E-state index contributed by atoms with van der Waals surface area (Å²) in [4.78, 5) is 11.6. The smallest absolute Gasteiger partial charge is 0.323 e. The highest BCUT2D eigenvalue weighted by Gasteiger charge is 2.43. The van der Waals surface area contributed by atoms with Gasteiger partial charge in [0.2, 0.25) is 0 Å². The summed E-state index contributed by atoms with van der Waals surface area (Å²) < 4.78 is 4.81. The predicted octanol–water partition coefficient (Wildman–Crippen LogP) is 1.96. The first-order valence-corrected chi connectivity index (χ1v) is 5.74. The molecule has 0 amide bonds. The number of carbonyl (C=O) groups excluding carboxylic acids is 1.